The van der Waals surface area contributed by atoms with E-state index in [-0.39, 0.29) is 6.61 Å². The molecule has 100 valence electrons. The number of ether oxygens (including phenoxy) is 2. The Labute approximate surface area is 108 Å². The predicted octanol–water partition coefficient (Wildman–Crippen LogP) is 1.60. The molecule has 1 rings (SSSR count). The van der Waals surface area contributed by atoms with Crippen molar-refractivity contribution < 1.29 is 14.6 Å². The number of methoxy groups -OCH3 is 1. The molecular weight excluding hydrogens is 230 g/mol. The largest absolute Gasteiger partial charge is 0.497 e. The molecule has 0 saturated heterocycles. The lowest BCUT2D eigenvalue weighted by Crippen LogP contribution is -2.31. The van der Waals surface area contributed by atoms with Crippen LogP contribution in [0.5, 0.6) is 11.5 Å². The Morgan fingerprint density at radius 1 is 1.44 bits per heavy atom. The predicted molar refractivity (Wildman–Crippen MR) is 72.2 cm³/mol. The molecule has 1 atom stereocenters. The molecule has 0 bridgehead atoms. The zero-order chi connectivity index (χ0) is 13.2. The van der Waals surface area contributed by atoms with Gasteiger partial charge in [-0.3, -0.25) is 0 Å². The lowest BCUT2D eigenvalue weighted by atomic mass is 10.3. The molecule has 0 aliphatic carbocycles. The monoisotopic (exact) mass is 251 g/mol. The van der Waals surface area contributed by atoms with Crippen LogP contribution in [0.15, 0.2) is 36.9 Å². The molecule has 4 nitrogen and oxygen atoms in total. The first-order chi connectivity index (χ1) is 8.76. The van der Waals surface area contributed by atoms with Gasteiger partial charge in [0.15, 0.2) is 0 Å². The zero-order valence-corrected chi connectivity index (χ0v) is 10.8. The summed E-state index contributed by atoms with van der Waals surface area (Å²) in [6.07, 6.45) is 2.20. The van der Waals surface area contributed by atoms with E-state index in [1.165, 1.54) is 0 Å². The van der Waals surface area contributed by atoms with Crippen molar-refractivity contribution in [2.24, 2.45) is 0 Å². The average molecular weight is 251 g/mol. The van der Waals surface area contributed by atoms with Crippen LogP contribution >= 0.6 is 0 Å². The van der Waals surface area contributed by atoms with E-state index in [1.807, 2.05) is 24.3 Å². The second-order valence-electron chi connectivity index (χ2n) is 3.93. The number of aliphatic hydroxyl groups excluding tert-OH is 1. The molecule has 0 amide bonds. The van der Waals surface area contributed by atoms with Crippen molar-refractivity contribution in [2.45, 2.75) is 12.5 Å². The first kappa shape index (κ1) is 14.5. The maximum atomic E-state index is 9.69. The van der Waals surface area contributed by atoms with Gasteiger partial charge in [0.05, 0.1) is 7.11 Å². The van der Waals surface area contributed by atoms with Gasteiger partial charge in [-0.2, -0.15) is 0 Å². The van der Waals surface area contributed by atoms with Gasteiger partial charge in [0, 0.05) is 12.6 Å². The molecule has 0 radical (unpaired) electrons. The molecule has 0 aromatic heterocycles. The van der Waals surface area contributed by atoms with Gasteiger partial charge in [0.1, 0.15) is 24.2 Å². The van der Waals surface area contributed by atoms with Gasteiger partial charge in [-0.1, -0.05) is 12.1 Å². The standard InChI is InChI=1S/C14H21NO3/c1-3-4-8-15-10-12(16)11-18-14-7-5-6-13(9-14)17-2/h3,5-7,9,12,15-16H,1,4,8,10-11H2,2H3. The maximum absolute atomic E-state index is 9.69. The Balaban J connectivity index is 2.24. The number of rotatable bonds is 9. The van der Waals surface area contributed by atoms with Gasteiger partial charge >= 0.3 is 0 Å². The molecule has 0 saturated carbocycles. The Kier molecular flexibility index (Phi) is 6.91. The molecule has 0 aliphatic heterocycles. The van der Waals surface area contributed by atoms with E-state index in [2.05, 4.69) is 11.9 Å². The van der Waals surface area contributed by atoms with Gasteiger partial charge in [-0.15, -0.1) is 6.58 Å². The highest BCUT2D eigenvalue weighted by Gasteiger charge is 2.04. The summed E-state index contributed by atoms with van der Waals surface area (Å²) < 4.78 is 10.6. The third-order valence-corrected chi connectivity index (χ3v) is 2.39. The van der Waals surface area contributed by atoms with Crippen molar-refractivity contribution in [3.05, 3.63) is 36.9 Å². The van der Waals surface area contributed by atoms with E-state index < -0.39 is 6.10 Å². The smallest absolute Gasteiger partial charge is 0.123 e. The van der Waals surface area contributed by atoms with Crippen molar-refractivity contribution in [3.63, 3.8) is 0 Å². The molecular formula is C14H21NO3. The van der Waals surface area contributed by atoms with Crippen molar-refractivity contribution in [1.29, 1.82) is 0 Å². The minimum absolute atomic E-state index is 0.258. The van der Waals surface area contributed by atoms with Crippen LogP contribution in [-0.2, 0) is 0 Å². The second-order valence-corrected chi connectivity index (χ2v) is 3.93. The summed E-state index contributed by atoms with van der Waals surface area (Å²) in [5, 5.41) is 12.8. The normalized spacial score (nSPS) is 11.9. The van der Waals surface area contributed by atoms with E-state index in [0.29, 0.717) is 12.3 Å². The van der Waals surface area contributed by atoms with E-state index in [4.69, 9.17) is 9.47 Å². The van der Waals surface area contributed by atoms with E-state index in [9.17, 15) is 5.11 Å². The van der Waals surface area contributed by atoms with Gasteiger partial charge in [0.25, 0.3) is 0 Å². The first-order valence-electron chi connectivity index (χ1n) is 6.02. The van der Waals surface area contributed by atoms with Crippen LogP contribution in [0.3, 0.4) is 0 Å². The minimum Gasteiger partial charge on any atom is -0.497 e. The molecule has 0 spiro atoms. The fraction of sp³-hybridized carbons (Fsp3) is 0.429. The Bertz CT molecular complexity index is 355. The fourth-order valence-corrected chi connectivity index (χ4v) is 1.42. The molecule has 0 heterocycles. The summed E-state index contributed by atoms with van der Waals surface area (Å²) in [4.78, 5) is 0. The summed E-state index contributed by atoms with van der Waals surface area (Å²) in [6, 6.07) is 7.32. The molecule has 1 aromatic rings. The quantitative estimate of drug-likeness (QED) is 0.517. The summed E-state index contributed by atoms with van der Waals surface area (Å²) in [5.41, 5.74) is 0. The topological polar surface area (TPSA) is 50.7 Å². The Morgan fingerprint density at radius 3 is 2.94 bits per heavy atom. The van der Waals surface area contributed by atoms with Gasteiger partial charge in [-0.25, -0.2) is 0 Å². The average Bonchev–Trinajstić information content (AvgIpc) is 2.41. The van der Waals surface area contributed by atoms with Crippen LogP contribution in [0.1, 0.15) is 6.42 Å². The van der Waals surface area contributed by atoms with Gasteiger partial charge in [0.2, 0.25) is 0 Å². The van der Waals surface area contributed by atoms with Crippen molar-refractivity contribution in [1.82, 2.24) is 5.32 Å². The van der Waals surface area contributed by atoms with Crippen LogP contribution < -0.4 is 14.8 Å². The van der Waals surface area contributed by atoms with Crippen molar-refractivity contribution in [2.75, 3.05) is 26.8 Å². The Hall–Kier alpha value is -1.52. The Morgan fingerprint density at radius 2 is 2.22 bits per heavy atom. The second kappa shape index (κ2) is 8.55. The summed E-state index contributed by atoms with van der Waals surface area (Å²) >= 11 is 0. The summed E-state index contributed by atoms with van der Waals surface area (Å²) in [7, 11) is 1.61. The number of hydrogen-bond donors (Lipinski definition) is 2. The van der Waals surface area contributed by atoms with Crippen LogP contribution in [0, 0.1) is 0 Å². The van der Waals surface area contributed by atoms with Crippen LogP contribution in [-0.4, -0.2) is 38.0 Å². The third kappa shape index (κ3) is 5.70. The van der Waals surface area contributed by atoms with Gasteiger partial charge < -0.3 is 19.9 Å². The van der Waals surface area contributed by atoms with Gasteiger partial charge in [-0.05, 0) is 25.1 Å². The molecule has 1 aromatic carbocycles. The number of aliphatic hydroxyl groups is 1. The van der Waals surface area contributed by atoms with Crippen molar-refractivity contribution in [3.8, 4) is 11.5 Å². The highest BCUT2D eigenvalue weighted by Crippen LogP contribution is 2.18. The van der Waals surface area contributed by atoms with E-state index >= 15 is 0 Å². The SMILES string of the molecule is C=CCCNCC(O)COc1cccc(OC)c1. The van der Waals surface area contributed by atoms with Crippen LogP contribution in [0.25, 0.3) is 0 Å². The van der Waals surface area contributed by atoms with E-state index in [0.717, 1.165) is 18.7 Å². The van der Waals surface area contributed by atoms with Crippen LogP contribution in [0.4, 0.5) is 0 Å². The number of benzene rings is 1. The molecule has 2 N–H and O–H groups in total. The first-order valence-corrected chi connectivity index (χ1v) is 6.02. The molecule has 18 heavy (non-hydrogen) atoms. The lowest BCUT2D eigenvalue weighted by molar-refractivity contribution is 0.106. The number of hydrogen-bond acceptors (Lipinski definition) is 4. The third-order valence-electron chi connectivity index (χ3n) is 2.39. The fourth-order valence-electron chi connectivity index (χ4n) is 1.42. The highest BCUT2D eigenvalue weighted by molar-refractivity contribution is 5.32. The van der Waals surface area contributed by atoms with E-state index in [1.54, 1.807) is 13.2 Å². The van der Waals surface area contributed by atoms with Crippen LogP contribution in [0.2, 0.25) is 0 Å². The molecule has 0 aliphatic rings. The molecule has 0 fully saturated rings. The summed E-state index contributed by atoms with van der Waals surface area (Å²) in [6.45, 7) is 5.22. The maximum Gasteiger partial charge on any atom is 0.123 e. The number of nitrogens with one attached hydrogen (secondary N) is 1. The minimum atomic E-state index is -0.527. The summed E-state index contributed by atoms with van der Waals surface area (Å²) in [5.74, 6) is 1.44. The zero-order valence-electron chi connectivity index (χ0n) is 10.8. The molecule has 4 heteroatoms. The highest BCUT2D eigenvalue weighted by atomic mass is 16.5. The van der Waals surface area contributed by atoms with Crippen molar-refractivity contribution >= 4 is 0 Å². The lowest BCUT2D eigenvalue weighted by Gasteiger charge is -2.13. The molecule has 1 unspecified atom stereocenters.